The Morgan fingerprint density at radius 3 is 2.68 bits per heavy atom. The number of nitrogens with one attached hydrogen (secondary N) is 1. The van der Waals surface area contributed by atoms with E-state index in [1.165, 1.54) is 6.07 Å². The maximum Gasteiger partial charge on any atom is 0.273 e. The average molecular weight is 396 g/mol. The average Bonchev–Trinajstić information content (AvgIpc) is 3.19. The van der Waals surface area contributed by atoms with Crippen LogP contribution in [-0.4, -0.2) is 24.8 Å². The molecule has 142 valence electrons. The molecule has 1 N–H and O–H groups in total. The topological polar surface area (TPSA) is 107 Å². The maximum atomic E-state index is 12.8. The van der Waals surface area contributed by atoms with E-state index in [4.69, 9.17) is 0 Å². The van der Waals surface area contributed by atoms with Crippen LogP contribution in [-0.2, 0) is 22.3 Å². The normalized spacial score (nSPS) is 15.2. The van der Waals surface area contributed by atoms with Crippen LogP contribution in [0.25, 0.3) is 5.69 Å². The van der Waals surface area contributed by atoms with Crippen LogP contribution in [0.3, 0.4) is 0 Å². The predicted octanol–water partition coefficient (Wildman–Crippen LogP) is 3.10. The van der Waals surface area contributed by atoms with Crippen LogP contribution in [0.1, 0.15) is 27.2 Å². The first-order valence-corrected chi connectivity index (χ1v) is 10.0. The van der Waals surface area contributed by atoms with Gasteiger partial charge in [0, 0.05) is 33.6 Å². The van der Waals surface area contributed by atoms with Crippen LogP contribution < -0.4 is 5.32 Å². The molecule has 28 heavy (non-hydrogen) atoms. The number of anilines is 1. The smallest absolute Gasteiger partial charge is 0.273 e. The third-order valence-corrected chi connectivity index (χ3v) is 5.78. The van der Waals surface area contributed by atoms with Gasteiger partial charge < -0.3 is 5.32 Å². The molecule has 0 spiro atoms. The quantitative estimate of drug-likeness (QED) is 0.539. The van der Waals surface area contributed by atoms with Crippen LogP contribution in [0.5, 0.6) is 0 Å². The van der Waals surface area contributed by atoms with Gasteiger partial charge in [-0.15, -0.1) is 0 Å². The van der Waals surface area contributed by atoms with Gasteiger partial charge in [0.2, 0.25) is 0 Å². The molecule has 8 nitrogen and oxygen atoms in total. The second-order valence-electron chi connectivity index (χ2n) is 6.46. The van der Waals surface area contributed by atoms with E-state index in [1.807, 2.05) is 30.3 Å². The molecule has 2 aromatic carbocycles. The second-order valence-corrected chi connectivity index (χ2v) is 7.92. The summed E-state index contributed by atoms with van der Waals surface area (Å²) < 4.78 is 13.6. The number of para-hydroxylation sites is 1. The summed E-state index contributed by atoms with van der Waals surface area (Å²) in [6, 6.07) is 13.6. The van der Waals surface area contributed by atoms with E-state index in [9.17, 15) is 19.1 Å². The summed E-state index contributed by atoms with van der Waals surface area (Å²) >= 11 is 0. The van der Waals surface area contributed by atoms with Gasteiger partial charge in [-0.05, 0) is 25.1 Å². The second kappa shape index (κ2) is 7.01. The molecular weight excluding hydrogens is 380 g/mol. The minimum atomic E-state index is -1.05. The molecule has 0 saturated carbocycles. The van der Waals surface area contributed by atoms with Crippen molar-refractivity contribution < 1.29 is 13.9 Å². The Kier molecular flexibility index (Phi) is 4.52. The Morgan fingerprint density at radius 2 is 1.96 bits per heavy atom. The first-order valence-electron chi connectivity index (χ1n) is 8.51. The molecule has 9 heteroatoms. The van der Waals surface area contributed by atoms with Gasteiger partial charge in [0.05, 0.1) is 27.8 Å². The summed E-state index contributed by atoms with van der Waals surface area (Å²) in [6.45, 7) is 1.62. The lowest BCUT2D eigenvalue weighted by Gasteiger charge is -2.11. The van der Waals surface area contributed by atoms with Crippen LogP contribution in [0.15, 0.2) is 48.5 Å². The number of amides is 1. The standard InChI is InChI=1S/C19H16N4O4S/c1-12-7-8-13(9-17(12)23(25)26)19(24)20-18-15-10-28(27)11-16(15)21-22(18)14-5-3-2-4-6-14/h2-9H,10-11H2,1H3,(H,20,24). The molecule has 1 aromatic heterocycles. The summed E-state index contributed by atoms with van der Waals surface area (Å²) in [6.07, 6.45) is 0. The fraction of sp³-hybridized carbons (Fsp3) is 0.158. The summed E-state index contributed by atoms with van der Waals surface area (Å²) in [7, 11) is -1.05. The van der Waals surface area contributed by atoms with Gasteiger partial charge in [-0.25, -0.2) is 4.68 Å². The minimum Gasteiger partial charge on any atom is -0.306 e. The van der Waals surface area contributed by atoms with Gasteiger partial charge in [-0.1, -0.05) is 24.3 Å². The van der Waals surface area contributed by atoms with Crippen molar-refractivity contribution in [1.29, 1.82) is 0 Å². The zero-order valence-corrected chi connectivity index (χ0v) is 15.7. The highest BCUT2D eigenvalue weighted by Gasteiger charge is 2.28. The minimum absolute atomic E-state index is 0.115. The Morgan fingerprint density at radius 1 is 1.21 bits per heavy atom. The molecule has 1 atom stereocenters. The molecule has 2 heterocycles. The molecule has 0 fully saturated rings. The third-order valence-electron chi connectivity index (χ3n) is 4.57. The fourth-order valence-electron chi connectivity index (χ4n) is 3.14. The molecule has 1 amide bonds. The number of carbonyl (C=O) groups excluding carboxylic acids is 1. The van der Waals surface area contributed by atoms with E-state index in [-0.39, 0.29) is 11.3 Å². The van der Waals surface area contributed by atoms with E-state index in [2.05, 4.69) is 10.4 Å². The molecular formula is C19H16N4O4S. The number of nitro groups is 1. The number of hydrogen-bond donors (Lipinski definition) is 1. The lowest BCUT2D eigenvalue weighted by atomic mass is 10.1. The Hall–Kier alpha value is -3.33. The van der Waals surface area contributed by atoms with Gasteiger partial charge in [0.15, 0.2) is 0 Å². The largest absolute Gasteiger partial charge is 0.306 e. The van der Waals surface area contributed by atoms with Crippen molar-refractivity contribution in [3.63, 3.8) is 0 Å². The molecule has 1 aliphatic rings. The number of nitro benzene ring substituents is 1. The molecule has 3 aromatic rings. The zero-order chi connectivity index (χ0) is 19.8. The van der Waals surface area contributed by atoms with Crippen LogP contribution in [0.2, 0.25) is 0 Å². The van der Waals surface area contributed by atoms with Crippen molar-refractivity contribution in [1.82, 2.24) is 9.78 Å². The number of hydrogen-bond acceptors (Lipinski definition) is 5. The SMILES string of the molecule is Cc1ccc(C(=O)Nc2c3c(nn2-c2ccccc2)CS(=O)C3)cc1[N+](=O)[O-]. The highest BCUT2D eigenvalue weighted by molar-refractivity contribution is 7.83. The lowest BCUT2D eigenvalue weighted by Crippen LogP contribution is -2.17. The number of benzene rings is 2. The van der Waals surface area contributed by atoms with Gasteiger partial charge in [-0.2, -0.15) is 5.10 Å². The molecule has 4 rings (SSSR count). The van der Waals surface area contributed by atoms with Gasteiger partial charge in [0.1, 0.15) is 5.82 Å². The molecule has 1 aliphatic heterocycles. The first-order chi connectivity index (χ1) is 13.4. The number of carbonyl (C=O) groups is 1. The van der Waals surface area contributed by atoms with E-state index in [1.54, 1.807) is 23.7 Å². The van der Waals surface area contributed by atoms with Crippen LogP contribution in [0.4, 0.5) is 11.5 Å². The number of aryl methyl sites for hydroxylation is 1. The van der Waals surface area contributed by atoms with Gasteiger partial charge in [0.25, 0.3) is 11.6 Å². The van der Waals surface area contributed by atoms with Crippen molar-refractivity contribution in [2.45, 2.75) is 18.4 Å². The van der Waals surface area contributed by atoms with Gasteiger partial charge >= 0.3 is 0 Å². The third kappa shape index (κ3) is 3.20. The first kappa shape index (κ1) is 18.1. The lowest BCUT2D eigenvalue weighted by molar-refractivity contribution is -0.385. The highest BCUT2D eigenvalue weighted by atomic mass is 32.2. The summed E-state index contributed by atoms with van der Waals surface area (Å²) in [4.78, 5) is 23.5. The predicted molar refractivity (Wildman–Crippen MR) is 105 cm³/mol. The Bertz CT molecular complexity index is 1120. The van der Waals surface area contributed by atoms with Crippen molar-refractivity contribution in [2.24, 2.45) is 0 Å². The Labute approximate surface area is 162 Å². The number of nitrogens with zero attached hydrogens (tertiary/aromatic N) is 3. The van der Waals surface area contributed by atoms with Crippen molar-refractivity contribution in [3.8, 4) is 5.69 Å². The number of rotatable bonds is 4. The molecule has 0 bridgehead atoms. The fourth-order valence-corrected chi connectivity index (χ4v) is 4.40. The van der Waals surface area contributed by atoms with E-state index < -0.39 is 21.6 Å². The Balaban J connectivity index is 1.74. The molecule has 0 aliphatic carbocycles. The zero-order valence-electron chi connectivity index (χ0n) is 14.9. The van der Waals surface area contributed by atoms with Gasteiger partial charge in [-0.3, -0.25) is 19.1 Å². The van der Waals surface area contributed by atoms with Crippen LogP contribution in [0, 0.1) is 17.0 Å². The summed E-state index contributed by atoms with van der Waals surface area (Å²) in [5.41, 5.74) is 2.71. The number of fused-ring (bicyclic) bond motifs is 1. The van der Waals surface area contributed by atoms with Crippen LogP contribution >= 0.6 is 0 Å². The van der Waals surface area contributed by atoms with E-state index in [0.29, 0.717) is 28.6 Å². The van der Waals surface area contributed by atoms with E-state index >= 15 is 0 Å². The van der Waals surface area contributed by atoms with Crippen molar-refractivity contribution in [2.75, 3.05) is 5.32 Å². The van der Waals surface area contributed by atoms with Crippen molar-refractivity contribution in [3.05, 3.63) is 81.0 Å². The monoisotopic (exact) mass is 396 g/mol. The van der Waals surface area contributed by atoms with Crippen molar-refractivity contribution >= 4 is 28.2 Å². The molecule has 0 radical (unpaired) electrons. The van der Waals surface area contributed by atoms with E-state index in [0.717, 1.165) is 11.3 Å². The number of aromatic nitrogens is 2. The maximum absolute atomic E-state index is 12.8. The molecule has 1 unspecified atom stereocenters. The summed E-state index contributed by atoms with van der Waals surface area (Å²) in [5, 5.41) is 18.5. The summed E-state index contributed by atoms with van der Waals surface area (Å²) in [5.74, 6) is 0.612. The highest BCUT2D eigenvalue weighted by Crippen LogP contribution is 2.31. The molecule has 0 saturated heterocycles.